The summed E-state index contributed by atoms with van der Waals surface area (Å²) >= 11 is 0. The third-order valence-electron chi connectivity index (χ3n) is 4.25. The van der Waals surface area contributed by atoms with Gasteiger partial charge in [-0.25, -0.2) is 0 Å². The van der Waals surface area contributed by atoms with Crippen LogP contribution in [0.5, 0.6) is 0 Å². The minimum atomic E-state index is -0.452. The average molecular weight is 323 g/mol. The van der Waals surface area contributed by atoms with Crippen molar-refractivity contribution < 1.29 is 14.2 Å². The zero-order chi connectivity index (χ0) is 16.7. The molecular formula is C17H13N3O4. The second-order valence-corrected chi connectivity index (χ2v) is 5.67. The first-order valence-electron chi connectivity index (χ1n) is 7.54. The number of hydrogen-bond donors (Lipinski definition) is 0. The van der Waals surface area contributed by atoms with E-state index in [2.05, 4.69) is 5.16 Å². The predicted molar refractivity (Wildman–Crippen MR) is 86.9 cm³/mol. The number of nitrogens with zero attached hydrogens (tertiary/aromatic N) is 3. The van der Waals surface area contributed by atoms with Crippen molar-refractivity contribution in [2.75, 3.05) is 11.4 Å². The van der Waals surface area contributed by atoms with E-state index in [-0.39, 0.29) is 18.0 Å². The molecule has 1 aliphatic rings. The quantitative estimate of drug-likeness (QED) is 0.546. The zero-order valence-corrected chi connectivity index (χ0v) is 12.6. The van der Waals surface area contributed by atoms with Crippen molar-refractivity contribution in [3.8, 4) is 0 Å². The van der Waals surface area contributed by atoms with Gasteiger partial charge in [-0.15, -0.1) is 0 Å². The van der Waals surface area contributed by atoms with Gasteiger partial charge in [-0.1, -0.05) is 23.4 Å². The average Bonchev–Trinajstić information content (AvgIpc) is 3.18. The highest BCUT2D eigenvalue weighted by Crippen LogP contribution is 2.32. The highest BCUT2D eigenvalue weighted by atomic mass is 16.6. The summed E-state index contributed by atoms with van der Waals surface area (Å²) < 4.78 is 5.22. The van der Waals surface area contributed by atoms with Gasteiger partial charge in [0.2, 0.25) is 5.91 Å². The number of carbonyl (C=O) groups excluding carboxylic acids is 1. The van der Waals surface area contributed by atoms with Crippen LogP contribution in [0.3, 0.4) is 0 Å². The molecule has 0 saturated carbocycles. The lowest BCUT2D eigenvalue weighted by molar-refractivity contribution is -0.384. The largest absolute Gasteiger partial charge is 0.356 e. The van der Waals surface area contributed by atoms with Crippen molar-refractivity contribution >= 4 is 28.3 Å². The summed E-state index contributed by atoms with van der Waals surface area (Å²) in [6, 6.07) is 12.0. The molecule has 0 unspecified atom stereocenters. The number of non-ortho nitro benzene ring substituents is 1. The van der Waals surface area contributed by atoms with Gasteiger partial charge in [0.15, 0.2) is 5.58 Å². The van der Waals surface area contributed by atoms with E-state index in [1.807, 2.05) is 18.2 Å². The summed E-state index contributed by atoms with van der Waals surface area (Å²) in [5.41, 5.74) is 2.76. The first kappa shape index (κ1) is 14.4. The number of para-hydroxylation sites is 1. The Morgan fingerprint density at radius 2 is 2.12 bits per heavy atom. The fraction of sp³-hybridized carbons (Fsp3) is 0.176. The maximum absolute atomic E-state index is 12.7. The Bertz CT molecular complexity index is 963. The second-order valence-electron chi connectivity index (χ2n) is 5.67. The van der Waals surface area contributed by atoms with Crippen molar-refractivity contribution in [2.24, 2.45) is 0 Å². The zero-order valence-electron chi connectivity index (χ0n) is 12.6. The van der Waals surface area contributed by atoms with Gasteiger partial charge < -0.3 is 9.42 Å². The van der Waals surface area contributed by atoms with Crippen molar-refractivity contribution in [1.29, 1.82) is 0 Å². The van der Waals surface area contributed by atoms with Gasteiger partial charge in [-0.05, 0) is 24.1 Å². The van der Waals surface area contributed by atoms with E-state index >= 15 is 0 Å². The molecule has 1 aromatic heterocycles. The summed E-state index contributed by atoms with van der Waals surface area (Å²) in [5.74, 6) is -0.145. The van der Waals surface area contributed by atoms with Gasteiger partial charge >= 0.3 is 0 Å². The summed E-state index contributed by atoms with van der Waals surface area (Å²) in [7, 11) is 0. The van der Waals surface area contributed by atoms with Crippen LogP contribution >= 0.6 is 0 Å². The van der Waals surface area contributed by atoms with E-state index in [4.69, 9.17) is 4.52 Å². The maximum atomic E-state index is 12.7. The number of hydrogen-bond acceptors (Lipinski definition) is 5. The number of nitro benzene ring substituents is 1. The van der Waals surface area contributed by atoms with Crippen molar-refractivity contribution in [1.82, 2.24) is 5.16 Å². The van der Waals surface area contributed by atoms with Gasteiger partial charge in [0.1, 0.15) is 5.69 Å². The van der Waals surface area contributed by atoms with Crippen LogP contribution in [0.25, 0.3) is 11.0 Å². The molecule has 7 heteroatoms. The van der Waals surface area contributed by atoms with Crippen molar-refractivity contribution in [2.45, 2.75) is 12.8 Å². The van der Waals surface area contributed by atoms with Crippen LogP contribution in [0.4, 0.5) is 11.4 Å². The van der Waals surface area contributed by atoms with Crippen LogP contribution in [0.1, 0.15) is 11.3 Å². The number of aromatic nitrogens is 1. The van der Waals surface area contributed by atoms with Crippen molar-refractivity contribution in [3.05, 3.63) is 63.8 Å². The SMILES string of the molecule is O=C(Cc1noc2ccccc12)N1CCc2ccc([N+](=O)[O-])cc21. The van der Waals surface area contributed by atoms with Crippen LogP contribution in [0.15, 0.2) is 47.0 Å². The molecule has 0 bridgehead atoms. The molecule has 1 amide bonds. The van der Waals surface area contributed by atoms with E-state index in [1.165, 1.54) is 12.1 Å². The molecule has 0 spiro atoms. The van der Waals surface area contributed by atoms with Gasteiger partial charge in [0, 0.05) is 24.1 Å². The lowest BCUT2D eigenvalue weighted by Crippen LogP contribution is -2.30. The number of rotatable bonds is 3. The Kier molecular flexibility index (Phi) is 3.26. The van der Waals surface area contributed by atoms with E-state index in [1.54, 1.807) is 17.0 Å². The molecule has 1 aliphatic heterocycles. The van der Waals surface area contributed by atoms with Crippen molar-refractivity contribution in [3.63, 3.8) is 0 Å². The number of nitro groups is 1. The maximum Gasteiger partial charge on any atom is 0.271 e. The summed E-state index contributed by atoms with van der Waals surface area (Å²) in [6.45, 7) is 0.519. The Balaban J connectivity index is 1.63. The molecule has 0 atom stereocenters. The van der Waals surface area contributed by atoms with Crippen LogP contribution in [-0.4, -0.2) is 22.5 Å². The number of carbonyl (C=O) groups is 1. The van der Waals surface area contributed by atoms with Crippen LogP contribution in [0.2, 0.25) is 0 Å². The molecular weight excluding hydrogens is 310 g/mol. The molecule has 4 rings (SSSR count). The van der Waals surface area contributed by atoms with E-state index in [0.717, 1.165) is 10.9 Å². The Hall–Kier alpha value is -3.22. The molecule has 24 heavy (non-hydrogen) atoms. The minimum Gasteiger partial charge on any atom is -0.356 e. The van der Waals surface area contributed by atoms with E-state index < -0.39 is 4.92 Å². The predicted octanol–water partition coefficient (Wildman–Crippen LogP) is 2.87. The molecule has 2 aromatic carbocycles. The third kappa shape index (κ3) is 2.30. The molecule has 120 valence electrons. The fourth-order valence-electron chi connectivity index (χ4n) is 3.04. The standard InChI is InChI=1S/C17H13N3O4/c21-17(10-14-13-3-1-2-4-16(13)24-18-14)19-8-7-11-5-6-12(20(22)23)9-15(11)19/h1-6,9H,7-8,10H2. The van der Waals surface area contributed by atoms with Crippen LogP contribution < -0.4 is 4.90 Å². The highest BCUT2D eigenvalue weighted by Gasteiger charge is 2.27. The van der Waals surface area contributed by atoms with Gasteiger partial charge in [0.05, 0.1) is 17.0 Å². The van der Waals surface area contributed by atoms with Gasteiger partial charge in [-0.2, -0.15) is 0 Å². The first-order valence-corrected chi connectivity index (χ1v) is 7.54. The molecule has 0 aliphatic carbocycles. The summed E-state index contributed by atoms with van der Waals surface area (Å²) in [4.78, 5) is 24.8. The molecule has 7 nitrogen and oxygen atoms in total. The lowest BCUT2D eigenvalue weighted by Gasteiger charge is -2.16. The molecule has 0 saturated heterocycles. The summed E-state index contributed by atoms with van der Waals surface area (Å²) in [5, 5.41) is 15.7. The number of anilines is 1. The van der Waals surface area contributed by atoms with Crippen LogP contribution in [0, 0.1) is 10.1 Å². The normalized spacial score (nSPS) is 13.2. The topological polar surface area (TPSA) is 89.5 Å². The molecule has 3 aromatic rings. The lowest BCUT2D eigenvalue weighted by atomic mass is 10.1. The third-order valence-corrected chi connectivity index (χ3v) is 4.25. The molecule has 2 heterocycles. The molecule has 0 N–H and O–H groups in total. The number of amides is 1. The Morgan fingerprint density at radius 1 is 1.29 bits per heavy atom. The highest BCUT2D eigenvalue weighted by molar-refractivity contribution is 5.98. The fourth-order valence-corrected chi connectivity index (χ4v) is 3.04. The van der Waals surface area contributed by atoms with E-state index in [9.17, 15) is 14.9 Å². The van der Waals surface area contributed by atoms with Gasteiger partial charge in [0.25, 0.3) is 5.69 Å². The first-order chi connectivity index (χ1) is 11.6. The van der Waals surface area contributed by atoms with Crippen LogP contribution in [-0.2, 0) is 17.6 Å². The molecule has 0 radical (unpaired) electrons. The smallest absolute Gasteiger partial charge is 0.271 e. The van der Waals surface area contributed by atoms with Gasteiger partial charge in [-0.3, -0.25) is 14.9 Å². The minimum absolute atomic E-state index is 0.0136. The number of fused-ring (bicyclic) bond motifs is 2. The second kappa shape index (κ2) is 5.45. The molecule has 0 fully saturated rings. The number of benzene rings is 2. The Morgan fingerprint density at radius 3 is 2.96 bits per heavy atom. The van der Waals surface area contributed by atoms with E-state index in [0.29, 0.717) is 29.9 Å². The monoisotopic (exact) mass is 323 g/mol. The Labute approximate surface area is 136 Å². The summed E-state index contributed by atoms with van der Waals surface area (Å²) in [6.07, 6.45) is 0.789.